The van der Waals surface area contributed by atoms with Gasteiger partial charge in [-0.2, -0.15) is 0 Å². The van der Waals surface area contributed by atoms with Crippen LogP contribution in [0, 0.1) is 5.92 Å². The van der Waals surface area contributed by atoms with Gasteiger partial charge in [-0.25, -0.2) is 0 Å². The Hall–Kier alpha value is 0.100. The minimum atomic E-state index is -1.00. The number of carbonyl (C=O) groups is 1. The standard InChI is InChI=1S/C19H38OP/c1-4-7-14-21(15-8-5-2,16-9-6-3)17-19(20)18-12-10-11-13-18/h18H,4-17H2,1-3H3/q+1. The van der Waals surface area contributed by atoms with E-state index in [0.29, 0.717) is 11.7 Å². The average Bonchev–Trinajstić information content (AvgIpc) is 3.03. The van der Waals surface area contributed by atoms with Gasteiger partial charge in [0.25, 0.3) is 0 Å². The molecule has 0 radical (unpaired) electrons. The molecule has 0 saturated heterocycles. The Balaban J connectivity index is 2.70. The first-order valence-corrected chi connectivity index (χ1v) is 12.1. The summed E-state index contributed by atoms with van der Waals surface area (Å²) in [6, 6.07) is 0. The van der Waals surface area contributed by atoms with Crippen molar-refractivity contribution in [1.29, 1.82) is 0 Å². The number of hydrogen-bond acceptors (Lipinski definition) is 1. The number of rotatable bonds is 12. The molecule has 1 nitrogen and oxygen atoms in total. The SMILES string of the molecule is CCCC[P+](CCCC)(CCCC)CC(=O)C1CCCC1. The maximum Gasteiger partial charge on any atom is 0.172 e. The van der Waals surface area contributed by atoms with Crippen LogP contribution in [0.4, 0.5) is 0 Å². The molecule has 1 saturated carbocycles. The molecular formula is C19H38OP+. The Morgan fingerprint density at radius 1 is 0.857 bits per heavy atom. The Morgan fingerprint density at radius 2 is 1.29 bits per heavy atom. The molecule has 1 aliphatic carbocycles. The smallest absolute Gasteiger partial charge is 0.172 e. The molecule has 124 valence electrons. The van der Waals surface area contributed by atoms with Crippen LogP contribution in [-0.2, 0) is 4.79 Å². The van der Waals surface area contributed by atoms with E-state index >= 15 is 0 Å². The van der Waals surface area contributed by atoms with E-state index in [0.717, 1.165) is 6.16 Å². The fraction of sp³-hybridized carbons (Fsp3) is 0.947. The van der Waals surface area contributed by atoms with E-state index in [2.05, 4.69) is 20.8 Å². The molecule has 0 spiro atoms. The first kappa shape index (κ1) is 19.1. The monoisotopic (exact) mass is 313 g/mol. The van der Waals surface area contributed by atoms with E-state index in [1.165, 1.54) is 82.7 Å². The summed E-state index contributed by atoms with van der Waals surface area (Å²) in [6.45, 7) is 6.90. The highest BCUT2D eigenvalue weighted by molar-refractivity contribution is 7.76. The van der Waals surface area contributed by atoms with Gasteiger partial charge in [0.15, 0.2) is 5.78 Å². The molecule has 1 aliphatic rings. The summed E-state index contributed by atoms with van der Waals surface area (Å²) in [7, 11) is -1.00. The lowest BCUT2D eigenvalue weighted by Gasteiger charge is -2.28. The van der Waals surface area contributed by atoms with Gasteiger partial charge in [-0.3, -0.25) is 4.79 Å². The van der Waals surface area contributed by atoms with Gasteiger partial charge in [0.05, 0.1) is 18.5 Å². The van der Waals surface area contributed by atoms with Crippen LogP contribution in [-0.4, -0.2) is 30.4 Å². The lowest BCUT2D eigenvalue weighted by Crippen LogP contribution is -2.23. The third kappa shape index (κ3) is 6.81. The second-order valence-corrected chi connectivity index (χ2v) is 11.5. The summed E-state index contributed by atoms with van der Waals surface area (Å²) in [4.78, 5) is 12.8. The highest BCUT2D eigenvalue weighted by Crippen LogP contribution is 2.61. The van der Waals surface area contributed by atoms with Crippen LogP contribution in [0.1, 0.15) is 85.0 Å². The highest BCUT2D eigenvalue weighted by Gasteiger charge is 2.40. The minimum Gasteiger partial charge on any atom is -0.295 e. The normalized spacial score (nSPS) is 16.5. The van der Waals surface area contributed by atoms with Gasteiger partial charge in [0.2, 0.25) is 0 Å². The van der Waals surface area contributed by atoms with Crippen LogP contribution in [0.2, 0.25) is 0 Å². The maximum atomic E-state index is 12.8. The van der Waals surface area contributed by atoms with Crippen LogP contribution in [0.15, 0.2) is 0 Å². The largest absolute Gasteiger partial charge is 0.295 e. The predicted octanol–water partition coefficient (Wildman–Crippen LogP) is 6.16. The zero-order chi connectivity index (χ0) is 15.6. The van der Waals surface area contributed by atoms with Crippen LogP contribution >= 0.6 is 7.26 Å². The van der Waals surface area contributed by atoms with Gasteiger partial charge in [-0.1, -0.05) is 52.9 Å². The van der Waals surface area contributed by atoms with Gasteiger partial charge in [0, 0.05) is 13.2 Å². The minimum absolute atomic E-state index is 0.439. The molecule has 1 fully saturated rings. The van der Waals surface area contributed by atoms with E-state index in [-0.39, 0.29) is 0 Å². The Kier molecular flexibility index (Phi) is 9.81. The second-order valence-electron chi connectivity index (χ2n) is 7.18. The lowest BCUT2D eigenvalue weighted by molar-refractivity contribution is -0.120. The van der Waals surface area contributed by atoms with Crippen molar-refractivity contribution in [1.82, 2.24) is 0 Å². The molecule has 1 rings (SSSR count). The molecule has 0 aliphatic heterocycles. The number of Topliss-reactive ketones (excluding diaryl/α,β-unsaturated/α-hetero) is 1. The maximum absolute atomic E-state index is 12.8. The van der Waals surface area contributed by atoms with Crippen LogP contribution < -0.4 is 0 Å². The third-order valence-corrected chi connectivity index (χ3v) is 10.0. The zero-order valence-electron chi connectivity index (χ0n) is 14.8. The fourth-order valence-electron chi connectivity index (χ4n) is 3.76. The second kappa shape index (κ2) is 10.8. The Labute approximate surface area is 134 Å². The van der Waals surface area contributed by atoms with Crippen LogP contribution in [0.5, 0.6) is 0 Å². The number of unbranched alkanes of at least 4 members (excludes halogenated alkanes) is 3. The van der Waals surface area contributed by atoms with Crippen molar-refractivity contribution in [3.05, 3.63) is 0 Å². The van der Waals surface area contributed by atoms with Crippen LogP contribution in [0.3, 0.4) is 0 Å². The quantitative estimate of drug-likeness (QED) is 0.394. The number of ketones is 1. The summed E-state index contributed by atoms with van der Waals surface area (Å²) in [6.07, 6.45) is 18.0. The molecule has 2 heteroatoms. The molecule has 0 amide bonds. The van der Waals surface area contributed by atoms with Crippen molar-refractivity contribution in [3.8, 4) is 0 Å². The van der Waals surface area contributed by atoms with Gasteiger partial charge < -0.3 is 0 Å². The first-order chi connectivity index (χ1) is 10.2. The lowest BCUT2D eigenvalue weighted by atomic mass is 10.0. The number of hydrogen-bond donors (Lipinski definition) is 0. The van der Waals surface area contributed by atoms with E-state index in [1.807, 2.05) is 0 Å². The van der Waals surface area contributed by atoms with Gasteiger partial charge in [0.1, 0.15) is 6.16 Å². The van der Waals surface area contributed by atoms with E-state index < -0.39 is 7.26 Å². The van der Waals surface area contributed by atoms with E-state index in [4.69, 9.17) is 0 Å². The van der Waals surface area contributed by atoms with Crippen molar-refractivity contribution in [2.75, 3.05) is 24.6 Å². The van der Waals surface area contributed by atoms with Crippen molar-refractivity contribution in [3.63, 3.8) is 0 Å². The van der Waals surface area contributed by atoms with Crippen molar-refractivity contribution in [2.45, 2.75) is 85.0 Å². The molecule has 0 N–H and O–H groups in total. The molecule has 0 heterocycles. The topological polar surface area (TPSA) is 17.1 Å². The summed E-state index contributed by atoms with van der Waals surface area (Å²) < 4.78 is 0. The molecule has 0 unspecified atom stereocenters. The van der Waals surface area contributed by atoms with Gasteiger partial charge in [-0.15, -0.1) is 0 Å². The molecule has 0 bridgehead atoms. The average molecular weight is 313 g/mol. The van der Waals surface area contributed by atoms with Crippen LogP contribution in [0.25, 0.3) is 0 Å². The summed E-state index contributed by atoms with van der Waals surface area (Å²) in [5.41, 5.74) is 0. The molecular weight excluding hydrogens is 275 g/mol. The Morgan fingerprint density at radius 3 is 1.67 bits per heavy atom. The van der Waals surface area contributed by atoms with Crippen molar-refractivity contribution in [2.24, 2.45) is 5.92 Å². The van der Waals surface area contributed by atoms with Crippen molar-refractivity contribution < 1.29 is 4.79 Å². The van der Waals surface area contributed by atoms with E-state index in [1.54, 1.807) is 0 Å². The molecule has 0 aromatic rings. The zero-order valence-corrected chi connectivity index (χ0v) is 15.7. The third-order valence-electron chi connectivity index (χ3n) is 5.26. The summed E-state index contributed by atoms with van der Waals surface area (Å²) in [5, 5.41) is 0. The first-order valence-electron chi connectivity index (χ1n) is 9.55. The van der Waals surface area contributed by atoms with Gasteiger partial charge >= 0.3 is 0 Å². The molecule has 0 aromatic heterocycles. The summed E-state index contributed by atoms with van der Waals surface area (Å²) in [5.74, 6) is 1.10. The number of carbonyl (C=O) groups excluding carboxylic acids is 1. The summed E-state index contributed by atoms with van der Waals surface area (Å²) >= 11 is 0. The molecule has 21 heavy (non-hydrogen) atoms. The highest BCUT2D eigenvalue weighted by atomic mass is 31.2. The van der Waals surface area contributed by atoms with Crippen molar-refractivity contribution >= 4 is 13.0 Å². The molecule has 0 aromatic carbocycles. The molecule has 0 atom stereocenters. The van der Waals surface area contributed by atoms with E-state index in [9.17, 15) is 4.79 Å². The van der Waals surface area contributed by atoms with Gasteiger partial charge in [-0.05, 0) is 32.1 Å². The Bertz CT molecular complexity index is 260. The fourth-order valence-corrected chi connectivity index (χ4v) is 8.79. The predicted molar refractivity (Wildman–Crippen MR) is 98.1 cm³/mol.